The van der Waals surface area contributed by atoms with Crippen LogP contribution in [0.25, 0.3) is 66.1 Å². The van der Waals surface area contributed by atoms with E-state index in [2.05, 4.69) is 143 Å². The zero-order valence-electron chi connectivity index (χ0n) is 21.3. The second kappa shape index (κ2) is 9.65. The molecule has 0 aliphatic heterocycles. The summed E-state index contributed by atoms with van der Waals surface area (Å²) in [5, 5.41) is 5.06. The summed E-state index contributed by atoms with van der Waals surface area (Å²) in [7, 11) is 0. The maximum atomic E-state index is 3.17. The summed E-state index contributed by atoms with van der Waals surface area (Å²) in [6.07, 6.45) is 0. The van der Waals surface area contributed by atoms with Gasteiger partial charge >= 0.3 is 0 Å². The van der Waals surface area contributed by atoms with E-state index in [0.29, 0.717) is 0 Å². The third-order valence-corrected chi connectivity index (χ3v) is 7.63. The molecule has 0 atom stereocenters. The summed E-state index contributed by atoms with van der Waals surface area (Å²) in [5.74, 6) is 0. The van der Waals surface area contributed by atoms with E-state index in [1.165, 1.54) is 54.7 Å². The minimum absolute atomic E-state index is 0. The van der Waals surface area contributed by atoms with Crippen molar-refractivity contribution in [2.75, 3.05) is 0 Å². The van der Waals surface area contributed by atoms with Crippen molar-refractivity contribution in [2.24, 2.45) is 0 Å². The van der Waals surface area contributed by atoms with E-state index >= 15 is 0 Å². The molecule has 3 heteroatoms. The van der Waals surface area contributed by atoms with Gasteiger partial charge in [0.15, 0.2) is 0 Å². The summed E-state index contributed by atoms with van der Waals surface area (Å²) in [6, 6.07) is 53.2. The Labute approximate surface area is 252 Å². The molecule has 2 heterocycles. The van der Waals surface area contributed by atoms with Gasteiger partial charge in [0, 0.05) is 65.6 Å². The smallest absolute Gasteiger partial charge is 0.0541 e. The molecule has 0 saturated heterocycles. The van der Waals surface area contributed by atoms with Crippen LogP contribution in [-0.2, 0) is 32.7 Å². The minimum atomic E-state index is 0. The van der Waals surface area contributed by atoms with Crippen molar-refractivity contribution in [3.8, 4) is 22.5 Å². The number of hydrogen-bond donors (Lipinski definition) is 0. The van der Waals surface area contributed by atoms with Crippen molar-refractivity contribution in [1.82, 2.24) is 9.13 Å². The number of benzene rings is 6. The van der Waals surface area contributed by atoms with Crippen LogP contribution in [0.4, 0.5) is 0 Å². The van der Waals surface area contributed by atoms with Crippen molar-refractivity contribution in [3.05, 3.63) is 146 Å². The first-order valence-corrected chi connectivity index (χ1v) is 13.0. The Bertz CT molecular complexity index is 1890. The molecule has 1 radical (unpaired) electrons. The van der Waals surface area contributed by atoms with Gasteiger partial charge in [0.05, 0.1) is 22.1 Å². The Kier molecular flexibility index (Phi) is 5.96. The molecule has 0 N–H and O–H groups in total. The molecule has 0 amide bonds. The Balaban J connectivity index is 0.00000253. The van der Waals surface area contributed by atoms with Gasteiger partial charge < -0.3 is 9.13 Å². The summed E-state index contributed by atoms with van der Waals surface area (Å²) >= 11 is 0. The molecule has 0 spiro atoms. The zero-order chi connectivity index (χ0) is 25.1. The van der Waals surface area contributed by atoms with Crippen LogP contribution in [-0.4, -0.2) is 9.13 Å². The van der Waals surface area contributed by atoms with Crippen molar-refractivity contribution in [2.45, 2.75) is 0 Å². The van der Waals surface area contributed by atoms with Crippen molar-refractivity contribution < 1.29 is 32.7 Å². The van der Waals surface area contributed by atoms with Crippen LogP contribution in [0.15, 0.2) is 140 Å². The molecular weight excluding hydrogens is 549 g/mol. The fraction of sp³-hybridized carbons (Fsp3) is 0. The largest absolute Gasteiger partial charge is 0.309 e. The van der Waals surface area contributed by atoms with E-state index in [9.17, 15) is 0 Å². The van der Waals surface area contributed by atoms with Gasteiger partial charge in [0.25, 0.3) is 0 Å². The van der Waals surface area contributed by atoms with Crippen LogP contribution in [0, 0.1) is 6.07 Å². The van der Waals surface area contributed by atoms with E-state index in [-0.39, 0.29) is 32.7 Å². The van der Waals surface area contributed by atoms with Gasteiger partial charge in [-0.05, 0) is 48.0 Å². The maximum Gasteiger partial charge on any atom is 0.0541 e. The molecule has 0 aliphatic rings. The third kappa shape index (κ3) is 3.78. The fourth-order valence-corrected chi connectivity index (χ4v) is 6.00. The molecule has 8 aromatic rings. The monoisotopic (exact) mass is 572 g/mol. The van der Waals surface area contributed by atoms with Crippen molar-refractivity contribution in [1.29, 1.82) is 0 Å². The second-order valence-electron chi connectivity index (χ2n) is 9.77. The first-order chi connectivity index (χ1) is 18.9. The molecule has 0 aliphatic carbocycles. The normalized spacial score (nSPS) is 11.4. The first-order valence-electron chi connectivity index (χ1n) is 13.0. The van der Waals surface area contributed by atoms with E-state index in [4.69, 9.17) is 0 Å². The summed E-state index contributed by atoms with van der Waals surface area (Å²) < 4.78 is 4.81. The van der Waals surface area contributed by atoms with Crippen molar-refractivity contribution in [3.63, 3.8) is 0 Å². The summed E-state index contributed by atoms with van der Waals surface area (Å²) in [4.78, 5) is 0. The zero-order valence-corrected chi connectivity index (χ0v) is 24.1. The van der Waals surface area contributed by atoms with E-state index < -0.39 is 0 Å². The Morgan fingerprint density at radius 2 is 0.744 bits per heavy atom. The van der Waals surface area contributed by atoms with Crippen molar-refractivity contribution >= 4 is 43.6 Å². The Hall–Kier alpha value is -3.98. The SMILES string of the molecule is [Y].[c-]1ccc(-c2cc(-n3c4ccccc4c4ccccc43)cc(-n3c4ccccc4c4ccccc43)c2)cc1. The second-order valence-corrected chi connectivity index (χ2v) is 9.77. The minimum Gasteiger partial charge on any atom is -0.309 e. The summed E-state index contributed by atoms with van der Waals surface area (Å²) in [5.41, 5.74) is 9.47. The standard InChI is InChI=1S/C36H23N2.Y/c1-2-12-25(13-3-1)26-22-27(37-33-18-8-4-14-29(33)30-15-5-9-19-34(30)37)24-28(23-26)38-35-20-10-6-16-31(35)32-17-7-11-21-36(32)38;/h2-24H;/q-1;. The molecule has 39 heavy (non-hydrogen) atoms. The van der Waals surface area contributed by atoms with Gasteiger partial charge in [-0.2, -0.15) is 30.3 Å². The molecule has 0 fully saturated rings. The van der Waals surface area contributed by atoms with Gasteiger partial charge in [0.1, 0.15) is 0 Å². The molecule has 181 valence electrons. The topological polar surface area (TPSA) is 9.86 Å². The molecule has 6 aromatic carbocycles. The van der Waals surface area contributed by atoms with E-state index in [1.807, 2.05) is 12.1 Å². The summed E-state index contributed by atoms with van der Waals surface area (Å²) in [6.45, 7) is 0. The van der Waals surface area contributed by atoms with E-state index in [1.54, 1.807) is 0 Å². The number of para-hydroxylation sites is 4. The molecule has 0 unspecified atom stereocenters. The van der Waals surface area contributed by atoms with Gasteiger partial charge in [-0.25, -0.2) is 0 Å². The van der Waals surface area contributed by atoms with Crippen LogP contribution in [0.5, 0.6) is 0 Å². The molecule has 8 rings (SSSR count). The number of rotatable bonds is 3. The van der Waals surface area contributed by atoms with Gasteiger partial charge in [-0.3, -0.25) is 0 Å². The van der Waals surface area contributed by atoms with Gasteiger partial charge in [-0.1, -0.05) is 72.8 Å². The average Bonchev–Trinajstić information content (AvgIpc) is 3.51. The number of nitrogens with zero attached hydrogens (tertiary/aromatic N) is 2. The fourth-order valence-electron chi connectivity index (χ4n) is 6.00. The number of hydrogen-bond acceptors (Lipinski definition) is 0. The van der Waals surface area contributed by atoms with Crippen LogP contribution in [0.3, 0.4) is 0 Å². The molecular formula is C36H23N2Y-. The molecule has 2 aromatic heterocycles. The molecule has 0 bridgehead atoms. The Morgan fingerprint density at radius 3 is 1.13 bits per heavy atom. The van der Waals surface area contributed by atoms with Crippen LogP contribution in [0.1, 0.15) is 0 Å². The quantitative estimate of drug-likeness (QED) is 0.187. The third-order valence-electron chi connectivity index (χ3n) is 7.63. The number of aromatic nitrogens is 2. The molecule has 0 saturated carbocycles. The maximum absolute atomic E-state index is 3.17. The average molecular weight is 573 g/mol. The van der Waals surface area contributed by atoms with E-state index in [0.717, 1.165) is 11.4 Å². The van der Waals surface area contributed by atoms with Crippen LogP contribution in [0.2, 0.25) is 0 Å². The number of fused-ring (bicyclic) bond motifs is 6. The predicted octanol–water partition coefficient (Wildman–Crippen LogP) is 9.35. The van der Waals surface area contributed by atoms with Crippen LogP contribution < -0.4 is 0 Å². The van der Waals surface area contributed by atoms with Gasteiger partial charge in [-0.15, -0.1) is 5.56 Å². The first kappa shape index (κ1) is 24.1. The van der Waals surface area contributed by atoms with Crippen LogP contribution >= 0.6 is 0 Å². The predicted molar refractivity (Wildman–Crippen MR) is 159 cm³/mol. The molecule has 2 nitrogen and oxygen atoms in total. The van der Waals surface area contributed by atoms with Gasteiger partial charge in [0.2, 0.25) is 0 Å². The Morgan fingerprint density at radius 1 is 0.385 bits per heavy atom.